The molecular weight excluding hydrogens is 170 g/mol. The molecule has 62 valence electrons. The fourth-order valence-corrected chi connectivity index (χ4v) is 0.825. The topological polar surface area (TPSA) is 29.4 Å². The van der Waals surface area contributed by atoms with Crippen molar-refractivity contribution in [2.45, 2.75) is 6.42 Å². The summed E-state index contributed by atoms with van der Waals surface area (Å²) in [6.45, 7) is 0. The van der Waals surface area contributed by atoms with E-state index in [-0.39, 0.29) is 11.5 Å². The molecule has 0 aliphatic heterocycles. The van der Waals surface area contributed by atoms with Crippen molar-refractivity contribution in [3.63, 3.8) is 0 Å². The van der Waals surface area contributed by atoms with Gasteiger partial charge in [-0.15, -0.1) is 12.6 Å². The fraction of sp³-hybridized carbons (Fsp3) is 0.111. The Morgan fingerprint density at radius 3 is 2.67 bits per heavy atom. The van der Waals surface area contributed by atoms with E-state index in [9.17, 15) is 4.79 Å². The summed E-state index contributed by atoms with van der Waals surface area (Å²) in [6.07, 6.45) is 1.84. The molecule has 1 rings (SSSR count). The molecule has 0 radical (unpaired) electrons. The minimum absolute atomic E-state index is 0.172. The molecule has 0 atom stereocenters. The van der Waals surface area contributed by atoms with E-state index < -0.39 is 0 Å². The number of para-hydroxylation sites is 1. The van der Waals surface area contributed by atoms with E-state index in [2.05, 4.69) is 17.6 Å². The molecular formula is C9H9NOS. The maximum atomic E-state index is 10.4. The normalized spacial score (nSPS) is 10.4. The van der Waals surface area contributed by atoms with Gasteiger partial charge in [0.1, 0.15) is 0 Å². The van der Waals surface area contributed by atoms with Crippen molar-refractivity contribution in [3.05, 3.63) is 30.3 Å². The minimum atomic E-state index is -0.172. The Morgan fingerprint density at radius 1 is 1.42 bits per heavy atom. The van der Waals surface area contributed by atoms with Crippen molar-refractivity contribution in [1.82, 2.24) is 0 Å². The molecule has 0 aromatic heterocycles. The van der Waals surface area contributed by atoms with Crippen LogP contribution in [0, 0.1) is 0 Å². The van der Waals surface area contributed by atoms with Gasteiger partial charge in [0.15, 0.2) is 5.12 Å². The van der Waals surface area contributed by atoms with Crippen molar-refractivity contribution in [2.75, 3.05) is 0 Å². The first-order chi connectivity index (χ1) is 5.79. The SMILES string of the molecule is O=C(S)CC=Nc1ccccc1. The van der Waals surface area contributed by atoms with Crippen molar-refractivity contribution in [1.29, 1.82) is 0 Å². The van der Waals surface area contributed by atoms with Crippen molar-refractivity contribution in [2.24, 2.45) is 4.99 Å². The Morgan fingerprint density at radius 2 is 2.08 bits per heavy atom. The molecule has 0 unspecified atom stereocenters. The standard InChI is InChI=1S/C9H9NOS/c11-9(12)6-7-10-8-4-2-1-3-5-8/h1-5,7H,6H2,(H,11,12). The summed E-state index contributed by atoms with van der Waals surface area (Å²) in [4.78, 5) is 14.5. The van der Waals surface area contributed by atoms with Gasteiger partial charge in [-0.2, -0.15) is 0 Å². The summed E-state index contributed by atoms with van der Waals surface area (Å²) in [5.74, 6) is 0. The summed E-state index contributed by atoms with van der Waals surface area (Å²) in [7, 11) is 0. The third-order valence-corrected chi connectivity index (χ3v) is 1.45. The highest BCUT2D eigenvalue weighted by atomic mass is 32.1. The molecule has 0 aliphatic rings. The Labute approximate surface area is 76.7 Å². The lowest BCUT2D eigenvalue weighted by atomic mass is 10.3. The van der Waals surface area contributed by atoms with E-state index >= 15 is 0 Å². The Kier molecular flexibility index (Phi) is 3.54. The van der Waals surface area contributed by atoms with Crippen LogP contribution in [0.15, 0.2) is 35.3 Å². The summed E-state index contributed by atoms with van der Waals surface area (Å²) in [5, 5.41) is -0.172. The van der Waals surface area contributed by atoms with Crippen LogP contribution in [-0.2, 0) is 4.79 Å². The summed E-state index contributed by atoms with van der Waals surface area (Å²) in [6, 6.07) is 9.46. The quantitative estimate of drug-likeness (QED) is 0.559. The molecule has 0 aliphatic carbocycles. The number of benzene rings is 1. The first-order valence-electron chi connectivity index (χ1n) is 3.58. The van der Waals surface area contributed by atoms with Crippen LogP contribution in [0.25, 0.3) is 0 Å². The van der Waals surface area contributed by atoms with Crippen LogP contribution in [0.5, 0.6) is 0 Å². The number of thiol groups is 1. The van der Waals surface area contributed by atoms with E-state index in [1.54, 1.807) is 6.21 Å². The second-order valence-electron chi connectivity index (χ2n) is 2.25. The van der Waals surface area contributed by atoms with E-state index in [4.69, 9.17) is 0 Å². The van der Waals surface area contributed by atoms with E-state index in [0.717, 1.165) is 5.69 Å². The molecule has 1 aromatic rings. The number of carbonyl (C=O) groups is 1. The fourth-order valence-electron chi connectivity index (χ4n) is 0.743. The number of carbonyl (C=O) groups excluding carboxylic acids is 1. The average molecular weight is 179 g/mol. The molecule has 0 fully saturated rings. The summed E-state index contributed by atoms with van der Waals surface area (Å²) >= 11 is 3.61. The predicted molar refractivity (Wildman–Crippen MR) is 53.2 cm³/mol. The highest BCUT2D eigenvalue weighted by Gasteiger charge is 1.88. The number of nitrogens with zero attached hydrogens (tertiary/aromatic N) is 1. The van der Waals surface area contributed by atoms with Crippen molar-refractivity contribution >= 4 is 29.6 Å². The molecule has 0 saturated carbocycles. The van der Waals surface area contributed by atoms with Gasteiger partial charge >= 0.3 is 0 Å². The third kappa shape index (κ3) is 3.34. The van der Waals surface area contributed by atoms with Gasteiger partial charge in [0.2, 0.25) is 0 Å². The van der Waals surface area contributed by atoms with Crippen LogP contribution in [0.4, 0.5) is 5.69 Å². The first-order valence-corrected chi connectivity index (χ1v) is 4.03. The molecule has 2 nitrogen and oxygen atoms in total. The molecule has 0 N–H and O–H groups in total. The van der Waals surface area contributed by atoms with Crippen LogP contribution >= 0.6 is 12.6 Å². The van der Waals surface area contributed by atoms with Crippen LogP contribution in [0.3, 0.4) is 0 Å². The Bertz CT molecular complexity index is 282. The lowest BCUT2D eigenvalue weighted by Gasteiger charge is -1.89. The smallest absolute Gasteiger partial charge is 0.191 e. The maximum absolute atomic E-state index is 10.4. The zero-order valence-electron chi connectivity index (χ0n) is 6.47. The van der Waals surface area contributed by atoms with Crippen LogP contribution in [0.1, 0.15) is 6.42 Å². The van der Waals surface area contributed by atoms with Gasteiger partial charge in [-0.3, -0.25) is 9.79 Å². The van der Waals surface area contributed by atoms with Crippen LogP contribution in [-0.4, -0.2) is 11.3 Å². The van der Waals surface area contributed by atoms with Gasteiger partial charge in [-0.25, -0.2) is 0 Å². The second kappa shape index (κ2) is 4.72. The second-order valence-corrected chi connectivity index (χ2v) is 2.74. The maximum Gasteiger partial charge on any atom is 0.191 e. The highest BCUT2D eigenvalue weighted by Crippen LogP contribution is 2.08. The zero-order chi connectivity index (χ0) is 8.81. The van der Waals surface area contributed by atoms with Crippen LogP contribution in [0.2, 0.25) is 0 Å². The Balaban J connectivity index is 2.52. The van der Waals surface area contributed by atoms with Gasteiger partial charge in [0.05, 0.1) is 12.1 Å². The third-order valence-electron chi connectivity index (χ3n) is 1.26. The van der Waals surface area contributed by atoms with Gasteiger partial charge in [-0.1, -0.05) is 18.2 Å². The van der Waals surface area contributed by atoms with Gasteiger partial charge < -0.3 is 0 Å². The summed E-state index contributed by atoms with van der Waals surface area (Å²) < 4.78 is 0. The molecule has 0 heterocycles. The average Bonchev–Trinajstić information content (AvgIpc) is 2.05. The largest absolute Gasteiger partial charge is 0.287 e. The van der Waals surface area contributed by atoms with E-state index in [1.807, 2.05) is 30.3 Å². The number of hydrogen-bond acceptors (Lipinski definition) is 2. The van der Waals surface area contributed by atoms with Crippen molar-refractivity contribution < 1.29 is 4.79 Å². The first kappa shape index (κ1) is 9.00. The molecule has 3 heteroatoms. The minimum Gasteiger partial charge on any atom is -0.287 e. The van der Waals surface area contributed by atoms with Gasteiger partial charge in [0, 0.05) is 6.21 Å². The lowest BCUT2D eigenvalue weighted by Crippen LogP contribution is -1.84. The molecule has 0 bridgehead atoms. The Hall–Kier alpha value is -1.09. The molecule has 0 spiro atoms. The predicted octanol–water partition coefficient (Wildman–Crippen LogP) is 2.24. The van der Waals surface area contributed by atoms with E-state index in [0.29, 0.717) is 0 Å². The van der Waals surface area contributed by atoms with Crippen molar-refractivity contribution in [3.8, 4) is 0 Å². The lowest BCUT2D eigenvalue weighted by molar-refractivity contribution is -0.109. The zero-order valence-corrected chi connectivity index (χ0v) is 7.37. The number of rotatable bonds is 3. The molecule has 1 aromatic carbocycles. The van der Waals surface area contributed by atoms with Crippen LogP contribution < -0.4 is 0 Å². The summed E-state index contributed by atoms with van der Waals surface area (Å²) in [5.41, 5.74) is 0.854. The monoisotopic (exact) mass is 179 g/mol. The van der Waals surface area contributed by atoms with Gasteiger partial charge in [0.25, 0.3) is 0 Å². The molecule has 0 amide bonds. The number of aliphatic imine (C=N–C) groups is 1. The van der Waals surface area contributed by atoms with Gasteiger partial charge in [-0.05, 0) is 12.1 Å². The van der Waals surface area contributed by atoms with E-state index in [1.165, 1.54) is 0 Å². The number of hydrogen-bond donors (Lipinski definition) is 1. The highest BCUT2D eigenvalue weighted by molar-refractivity contribution is 7.96. The molecule has 12 heavy (non-hydrogen) atoms. The molecule has 0 saturated heterocycles.